The van der Waals surface area contributed by atoms with Crippen LogP contribution >= 0.6 is 11.6 Å². The fourth-order valence-corrected chi connectivity index (χ4v) is 4.07. The summed E-state index contributed by atoms with van der Waals surface area (Å²) in [4.78, 5) is 30.5. The minimum absolute atomic E-state index is 0.0679. The van der Waals surface area contributed by atoms with Crippen molar-refractivity contribution in [1.29, 1.82) is 0 Å². The lowest BCUT2D eigenvalue weighted by Crippen LogP contribution is -2.35. The van der Waals surface area contributed by atoms with Crippen LogP contribution in [-0.2, 0) is 0 Å². The number of hydrogen-bond donors (Lipinski definition) is 0. The molecule has 2 heterocycles. The molecule has 0 fully saturated rings. The van der Waals surface area contributed by atoms with Crippen molar-refractivity contribution in [3.63, 3.8) is 0 Å². The van der Waals surface area contributed by atoms with Crippen LogP contribution in [0.25, 0.3) is 11.0 Å². The molecule has 0 saturated heterocycles. The van der Waals surface area contributed by atoms with Crippen LogP contribution < -0.4 is 14.9 Å². The predicted octanol–water partition coefficient (Wildman–Crippen LogP) is 3.57. The molecule has 4 rings (SSSR count). The molecule has 1 unspecified atom stereocenters. The van der Waals surface area contributed by atoms with E-state index < -0.39 is 6.04 Å². The van der Waals surface area contributed by atoms with Crippen molar-refractivity contribution < 1.29 is 18.7 Å². The third kappa shape index (κ3) is 3.64. The molecule has 1 aromatic heterocycles. The number of benzene rings is 2. The number of nitrogens with zero attached hydrogens (tertiary/aromatic N) is 2. The zero-order valence-electron chi connectivity index (χ0n) is 17.8. The molecule has 7 nitrogen and oxygen atoms in total. The maximum atomic E-state index is 13.5. The van der Waals surface area contributed by atoms with Crippen molar-refractivity contribution in [2.75, 3.05) is 41.4 Å². The molecule has 0 spiro atoms. The van der Waals surface area contributed by atoms with Gasteiger partial charge < -0.3 is 23.7 Å². The molecule has 0 aliphatic carbocycles. The Kier molecular flexibility index (Phi) is 5.64. The second-order valence-corrected chi connectivity index (χ2v) is 8.07. The van der Waals surface area contributed by atoms with Gasteiger partial charge >= 0.3 is 0 Å². The lowest BCUT2D eigenvalue weighted by molar-refractivity contribution is 0.0716. The second-order valence-electron chi connectivity index (χ2n) is 7.63. The Balaban J connectivity index is 1.95. The Morgan fingerprint density at radius 3 is 2.48 bits per heavy atom. The molecule has 2 aromatic carbocycles. The van der Waals surface area contributed by atoms with Crippen LogP contribution in [0.5, 0.6) is 11.5 Å². The smallest absolute Gasteiger partial charge is 0.290 e. The van der Waals surface area contributed by atoms with E-state index in [1.165, 1.54) is 0 Å². The first-order valence-corrected chi connectivity index (χ1v) is 10.2. The summed E-state index contributed by atoms with van der Waals surface area (Å²) in [5.41, 5.74) is 1.11. The van der Waals surface area contributed by atoms with Crippen LogP contribution in [0, 0.1) is 0 Å². The van der Waals surface area contributed by atoms with E-state index in [0.29, 0.717) is 46.1 Å². The van der Waals surface area contributed by atoms with E-state index in [1.807, 2.05) is 25.1 Å². The molecule has 1 aliphatic heterocycles. The maximum Gasteiger partial charge on any atom is 0.290 e. The molecular weight excluding hydrogens is 420 g/mol. The molecule has 31 heavy (non-hydrogen) atoms. The number of carbonyl (C=O) groups is 1. The highest BCUT2D eigenvalue weighted by Crippen LogP contribution is 2.40. The van der Waals surface area contributed by atoms with E-state index in [4.69, 9.17) is 25.5 Å². The molecule has 0 radical (unpaired) electrons. The average molecular weight is 443 g/mol. The van der Waals surface area contributed by atoms with Crippen molar-refractivity contribution >= 4 is 28.5 Å². The second kappa shape index (κ2) is 8.24. The highest BCUT2D eigenvalue weighted by molar-refractivity contribution is 6.31. The first-order valence-electron chi connectivity index (χ1n) is 9.79. The van der Waals surface area contributed by atoms with E-state index >= 15 is 0 Å². The number of fused-ring (bicyclic) bond motifs is 2. The maximum absolute atomic E-state index is 13.5. The number of likely N-dealkylation sites (N-methyl/N-ethyl adjacent to an activating group) is 1. The molecular formula is C23H23ClN2O5. The van der Waals surface area contributed by atoms with Crippen molar-refractivity contribution in [2.45, 2.75) is 6.04 Å². The summed E-state index contributed by atoms with van der Waals surface area (Å²) in [7, 11) is 6.96. The van der Waals surface area contributed by atoms with E-state index in [0.717, 1.165) is 5.56 Å². The van der Waals surface area contributed by atoms with Crippen molar-refractivity contribution in [1.82, 2.24) is 9.80 Å². The van der Waals surface area contributed by atoms with Crippen LogP contribution in [0.3, 0.4) is 0 Å². The Morgan fingerprint density at radius 1 is 1.06 bits per heavy atom. The van der Waals surface area contributed by atoms with Gasteiger partial charge in [0.2, 0.25) is 5.76 Å². The van der Waals surface area contributed by atoms with E-state index in [2.05, 4.69) is 0 Å². The molecule has 3 aromatic rings. The van der Waals surface area contributed by atoms with Gasteiger partial charge in [0.15, 0.2) is 16.9 Å². The Morgan fingerprint density at radius 2 is 1.81 bits per heavy atom. The first-order chi connectivity index (χ1) is 14.8. The molecule has 0 saturated carbocycles. The highest BCUT2D eigenvalue weighted by Gasteiger charge is 2.42. The molecule has 1 atom stereocenters. The third-order valence-corrected chi connectivity index (χ3v) is 5.67. The van der Waals surface area contributed by atoms with Crippen LogP contribution in [0.15, 0.2) is 45.6 Å². The van der Waals surface area contributed by atoms with E-state index in [9.17, 15) is 9.59 Å². The highest BCUT2D eigenvalue weighted by atomic mass is 35.5. The fraction of sp³-hybridized carbons (Fsp3) is 0.304. The van der Waals surface area contributed by atoms with Crippen molar-refractivity contribution in [2.24, 2.45) is 0 Å². The normalized spacial score (nSPS) is 15.6. The van der Waals surface area contributed by atoms with Crippen LogP contribution in [0.1, 0.15) is 27.7 Å². The summed E-state index contributed by atoms with van der Waals surface area (Å²) in [5.74, 6) is 0.832. The molecule has 8 heteroatoms. The van der Waals surface area contributed by atoms with Crippen LogP contribution in [-0.4, -0.2) is 57.1 Å². The quantitative estimate of drug-likeness (QED) is 0.581. The summed E-state index contributed by atoms with van der Waals surface area (Å²) in [6.07, 6.45) is 0. The topological polar surface area (TPSA) is 72.2 Å². The molecule has 0 N–H and O–H groups in total. The monoisotopic (exact) mass is 442 g/mol. The van der Waals surface area contributed by atoms with Crippen LogP contribution in [0.4, 0.5) is 0 Å². The van der Waals surface area contributed by atoms with Gasteiger partial charge in [-0.15, -0.1) is 0 Å². The first kappa shape index (κ1) is 21.2. The lowest BCUT2D eigenvalue weighted by atomic mass is 9.98. The Labute approximate surface area is 184 Å². The SMILES string of the molecule is COc1ccc(C2c3c(oc4ccc(Cl)cc4c3=O)C(=O)N2CCN(C)C)cc1OC. The summed E-state index contributed by atoms with van der Waals surface area (Å²) < 4.78 is 16.7. The van der Waals surface area contributed by atoms with Gasteiger partial charge in [0.25, 0.3) is 5.91 Å². The van der Waals surface area contributed by atoms with Gasteiger partial charge in [0.1, 0.15) is 5.58 Å². The number of ether oxygens (including phenoxy) is 2. The van der Waals surface area contributed by atoms with Gasteiger partial charge in [0.05, 0.1) is 31.2 Å². The summed E-state index contributed by atoms with van der Waals surface area (Å²) in [6.45, 7) is 1.05. The van der Waals surface area contributed by atoms with E-state index in [-0.39, 0.29) is 17.1 Å². The number of carbonyl (C=O) groups excluding carboxylic acids is 1. The van der Waals surface area contributed by atoms with E-state index in [1.54, 1.807) is 49.5 Å². The summed E-state index contributed by atoms with van der Waals surface area (Å²) in [6, 6.07) is 9.59. The van der Waals surface area contributed by atoms with Gasteiger partial charge in [0, 0.05) is 18.1 Å². The zero-order chi connectivity index (χ0) is 22.3. The van der Waals surface area contributed by atoms with Gasteiger partial charge in [-0.05, 0) is 50.0 Å². The van der Waals surface area contributed by atoms with Gasteiger partial charge in [-0.3, -0.25) is 9.59 Å². The van der Waals surface area contributed by atoms with Crippen molar-refractivity contribution in [3.8, 4) is 11.5 Å². The predicted molar refractivity (Wildman–Crippen MR) is 118 cm³/mol. The molecule has 0 bridgehead atoms. The third-order valence-electron chi connectivity index (χ3n) is 5.44. The van der Waals surface area contributed by atoms with Gasteiger partial charge in [-0.1, -0.05) is 17.7 Å². The van der Waals surface area contributed by atoms with Gasteiger partial charge in [-0.2, -0.15) is 0 Å². The Bertz CT molecular complexity index is 1220. The minimum atomic E-state index is -0.609. The summed E-state index contributed by atoms with van der Waals surface area (Å²) in [5, 5.41) is 0.773. The largest absolute Gasteiger partial charge is 0.493 e. The number of rotatable bonds is 6. The number of amides is 1. The molecule has 1 aliphatic rings. The lowest BCUT2D eigenvalue weighted by Gasteiger charge is -2.27. The van der Waals surface area contributed by atoms with Crippen LogP contribution in [0.2, 0.25) is 5.02 Å². The van der Waals surface area contributed by atoms with Gasteiger partial charge in [-0.25, -0.2) is 0 Å². The van der Waals surface area contributed by atoms with Crippen molar-refractivity contribution in [3.05, 3.63) is 68.5 Å². The number of halogens is 1. The molecule has 1 amide bonds. The molecule has 162 valence electrons. The standard InChI is InChI=1S/C23H23ClN2O5/c1-25(2)9-10-26-20(13-5-7-17(29-3)18(11-13)30-4)19-21(27)15-12-14(24)6-8-16(15)31-22(19)23(26)28/h5-8,11-12,20H,9-10H2,1-4H3. The fourth-order valence-electron chi connectivity index (χ4n) is 3.90. The minimum Gasteiger partial charge on any atom is -0.493 e. The average Bonchev–Trinajstić information content (AvgIpc) is 3.04. The zero-order valence-corrected chi connectivity index (χ0v) is 18.5. The Hall–Kier alpha value is -3.03. The summed E-state index contributed by atoms with van der Waals surface area (Å²) >= 11 is 6.12. The number of methoxy groups -OCH3 is 2. The number of hydrogen-bond acceptors (Lipinski definition) is 6.